The average molecular weight is 333 g/mol. The Morgan fingerprint density at radius 2 is 2.10 bits per heavy atom. The molecule has 0 aliphatic carbocycles. The Morgan fingerprint density at radius 1 is 1.40 bits per heavy atom. The summed E-state index contributed by atoms with van der Waals surface area (Å²) in [5, 5.41) is 8.98. The molecule has 0 aromatic carbocycles. The topological polar surface area (TPSA) is 75.9 Å². The fourth-order valence-electron chi connectivity index (χ4n) is 1.77. The van der Waals surface area contributed by atoms with Crippen LogP contribution in [0, 0.1) is 13.8 Å². The highest BCUT2D eigenvalue weighted by Gasteiger charge is 2.16. The highest BCUT2D eigenvalue weighted by Crippen LogP contribution is 2.13. The molecule has 0 aliphatic heterocycles. The molecule has 0 bridgehead atoms. The maximum Gasteiger partial charge on any atom is 0.225 e. The summed E-state index contributed by atoms with van der Waals surface area (Å²) < 4.78 is 2.11. The Kier molecular flexibility index (Phi) is 8.03. The van der Waals surface area contributed by atoms with Crippen molar-refractivity contribution >= 4 is 30.7 Å². The van der Waals surface area contributed by atoms with Gasteiger partial charge in [-0.2, -0.15) is 4.57 Å². The molecule has 0 aliphatic rings. The number of nitrogens with two attached hydrogens (primary N) is 1. The van der Waals surface area contributed by atoms with Gasteiger partial charge < -0.3 is 36.7 Å². The Bertz CT molecular complexity index is 562. The highest BCUT2D eigenvalue weighted by molar-refractivity contribution is 7.37. The van der Waals surface area contributed by atoms with E-state index in [-0.39, 0.29) is 32.5 Å². The van der Waals surface area contributed by atoms with Crippen LogP contribution in [-0.4, -0.2) is 21.7 Å². The minimum Gasteiger partial charge on any atom is -2.00 e. The first-order valence-electron chi connectivity index (χ1n) is 5.77. The number of aryl methyl sites for hydroxylation is 1. The minimum atomic E-state index is 0. The van der Waals surface area contributed by atoms with Crippen LogP contribution in [0.25, 0.3) is 0 Å². The Morgan fingerprint density at radius 3 is 2.70 bits per heavy atom. The molecule has 0 saturated heterocycles. The van der Waals surface area contributed by atoms with Crippen molar-refractivity contribution in [3.63, 3.8) is 0 Å². The third-order valence-electron chi connectivity index (χ3n) is 2.85. The van der Waals surface area contributed by atoms with Crippen molar-refractivity contribution in [3.8, 4) is 0 Å². The van der Waals surface area contributed by atoms with Crippen LogP contribution in [0.4, 0.5) is 5.82 Å². The number of rotatable bonds is 4. The zero-order valence-corrected chi connectivity index (χ0v) is 13.7. The predicted molar refractivity (Wildman–Crippen MR) is 77.7 cm³/mol. The molecule has 0 spiro atoms. The van der Waals surface area contributed by atoms with E-state index in [1.807, 2.05) is 19.4 Å². The van der Waals surface area contributed by atoms with Crippen molar-refractivity contribution in [2.24, 2.45) is 0 Å². The molecule has 0 fully saturated rings. The second-order valence-corrected chi connectivity index (χ2v) is 5.10. The van der Waals surface area contributed by atoms with Gasteiger partial charge in [-0.15, -0.1) is 0 Å². The molecule has 20 heavy (non-hydrogen) atoms. The number of nitrogen functional groups attached to an aromatic ring is 1. The van der Waals surface area contributed by atoms with Crippen molar-refractivity contribution in [1.29, 1.82) is 0 Å². The van der Waals surface area contributed by atoms with E-state index >= 15 is 0 Å². The summed E-state index contributed by atoms with van der Waals surface area (Å²) >= 11 is 1.65. The molecule has 0 unspecified atom stereocenters. The smallest absolute Gasteiger partial charge is 0.225 e. The van der Waals surface area contributed by atoms with E-state index in [0.29, 0.717) is 24.6 Å². The Hall–Kier alpha value is -0.890. The van der Waals surface area contributed by atoms with Gasteiger partial charge in [0.1, 0.15) is 11.6 Å². The van der Waals surface area contributed by atoms with Crippen LogP contribution in [0.15, 0.2) is 11.7 Å². The molecule has 2 aromatic heterocycles. The van der Waals surface area contributed by atoms with Gasteiger partial charge in [-0.3, -0.25) is 0 Å². The molecular formula is C12H17ClN4OS2-2. The van der Waals surface area contributed by atoms with Gasteiger partial charge in [0.15, 0.2) is 12.2 Å². The number of hydrogen-bond donors (Lipinski definition) is 2. The van der Waals surface area contributed by atoms with Gasteiger partial charge in [0.2, 0.25) is 5.51 Å². The van der Waals surface area contributed by atoms with E-state index in [1.54, 1.807) is 17.5 Å². The largest absolute Gasteiger partial charge is 2.00 e. The molecule has 3 N–H and O–H groups in total. The molecular weight excluding hydrogens is 316 g/mol. The number of halogens is 1. The summed E-state index contributed by atoms with van der Waals surface area (Å²) in [6, 6.07) is 0. The molecule has 0 amide bonds. The molecule has 112 valence electrons. The first-order valence-corrected chi connectivity index (χ1v) is 6.65. The zero-order chi connectivity index (χ0) is 13.1. The lowest BCUT2D eigenvalue weighted by Crippen LogP contribution is -3.00. The SMILES string of the molecule is Cc1ncc(C[n+]2csc(CCO)c2C)c(N)n1.[Cl-].[S-2]. The summed E-state index contributed by atoms with van der Waals surface area (Å²) in [6.45, 7) is 4.71. The molecule has 8 heteroatoms. The lowest BCUT2D eigenvalue weighted by Gasteiger charge is -2.01. The first-order chi connectivity index (χ1) is 8.61. The van der Waals surface area contributed by atoms with Crippen LogP contribution in [0.3, 0.4) is 0 Å². The molecule has 0 atom stereocenters. The number of hydrogen-bond acceptors (Lipinski definition) is 5. The molecule has 2 rings (SSSR count). The van der Waals surface area contributed by atoms with Gasteiger partial charge in [-0.1, -0.05) is 11.3 Å². The third-order valence-corrected chi connectivity index (χ3v) is 4.00. The molecule has 0 radical (unpaired) electrons. The maximum absolute atomic E-state index is 8.98. The van der Waals surface area contributed by atoms with Crippen molar-refractivity contribution in [1.82, 2.24) is 9.97 Å². The minimum absolute atomic E-state index is 0. The average Bonchev–Trinajstić information content (AvgIpc) is 2.66. The van der Waals surface area contributed by atoms with E-state index < -0.39 is 0 Å². The fourth-order valence-corrected chi connectivity index (χ4v) is 2.75. The number of aliphatic hydroxyl groups is 1. The van der Waals surface area contributed by atoms with Gasteiger partial charge in [-0.05, 0) is 6.92 Å². The van der Waals surface area contributed by atoms with E-state index in [1.165, 1.54) is 4.88 Å². The molecule has 2 heterocycles. The van der Waals surface area contributed by atoms with Gasteiger partial charge >= 0.3 is 0 Å². The van der Waals surface area contributed by atoms with Gasteiger partial charge in [0, 0.05) is 26.1 Å². The summed E-state index contributed by atoms with van der Waals surface area (Å²) in [7, 11) is 0. The number of thiazole rings is 1. The lowest BCUT2D eigenvalue weighted by molar-refractivity contribution is -0.689. The number of anilines is 1. The van der Waals surface area contributed by atoms with Crippen molar-refractivity contribution in [3.05, 3.63) is 33.7 Å². The zero-order valence-electron chi connectivity index (χ0n) is 11.3. The quantitative estimate of drug-likeness (QED) is 0.613. The fraction of sp³-hybridized carbons (Fsp3) is 0.417. The van der Waals surface area contributed by atoms with Gasteiger partial charge in [0.25, 0.3) is 0 Å². The highest BCUT2D eigenvalue weighted by atomic mass is 35.5. The van der Waals surface area contributed by atoms with E-state index in [4.69, 9.17) is 10.8 Å². The van der Waals surface area contributed by atoms with E-state index in [9.17, 15) is 0 Å². The number of aromatic nitrogens is 3. The summed E-state index contributed by atoms with van der Waals surface area (Å²) in [4.78, 5) is 9.53. The van der Waals surface area contributed by atoms with Crippen LogP contribution in [0.5, 0.6) is 0 Å². The van der Waals surface area contributed by atoms with Crippen LogP contribution in [0.2, 0.25) is 0 Å². The van der Waals surface area contributed by atoms with Crippen LogP contribution in [-0.2, 0) is 26.5 Å². The van der Waals surface area contributed by atoms with Crippen molar-refractivity contribution < 1.29 is 22.1 Å². The number of nitrogens with zero attached hydrogens (tertiary/aromatic N) is 3. The predicted octanol–water partition coefficient (Wildman–Crippen LogP) is -2.39. The van der Waals surface area contributed by atoms with Crippen LogP contribution < -0.4 is 22.7 Å². The summed E-state index contributed by atoms with van der Waals surface area (Å²) in [5.74, 6) is 1.22. The van der Waals surface area contributed by atoms with E-state index in [2.05, 4.69) is 14.5 Å². The first kappa shape index (κ1) is 19.1. The molecule has 0 saturated carbocycles. The summed E-state index contributed by atoms with van der Waals surface area (Å²) in [5.41, 5.74) is 10.0. The molecule has 2 aromatic rings. The second kappa shape index (κ2) is 8.41. The lowest BCUT2D eigenvalue weighted by atomic mass is 10.2. The standard InChI is InChI=1S/C12H17N4OS.ClH.S/c1-8-11(3-4-17)18-7-16(8)6-10-5-14-9(2)15-12(10)13;;/h5,7,17H,3-4,6H2,1-2H3,(H2,13,14,15);1H;/q+1;;-2/p-1. The Balaban J connectivity index is 0.00000180. The maximum atomic E-state index is 8.98. The number of aliphatic hydroxyl groups excluding tert-OH is 1. The van der Waals surface area contributed by atoms with Crippen molar-refractivity contribution in [2.75, 3.05) is 12.3 Å². The third kappa shape index (κ3) is 4.31. The second-order valence-electron chi connectivity index (χ2n) is 4.16. The van der Waals surface area contributed by atoms with Gasteiger partial charge in [0.05, 0.1) is 10.4 Å². The van der Waals surface area contributed by atoms with Crippen LogP contribution in [0.1, 0.15) is 22.0 Å². The Labute approximate surface area is 135 Å². The van der Waals surface area contributed by atoms with Gasteiger partial charge in [-0.25, -0.2) is 9.97 Å². The van der Waals surface area contributed by atoms with E-state index in [0.717, 1.165) is 11.3 Å². The van der Waals surface area contributed by atoms with Crippen molar-refractivity contribution in [2.45, 2.75) is 26.8 Å². The molecule has 5 nitrogen and oxygen atoms in total. The summed E-state index contributed by atoms with van der Waals surface area (Å²) in [6.07, 6.45) is 2.47. The van der Waals surface area contributed by atoms with Crippen LogP contribution >= 0.6 is 11.3 Å². The normalized spacial score (nSPS) is 9.75. The monoisotopic (exact) mass is 332 g/mol.